The summed E-state index contributed by atoms with van der Waals surface area (Å²) < 4.78 is 0. The summed E-state index contributed by atoms with van der Waals surface area (Å²) in [4.78, 5) is 36.9. The van der Waals surface area contributed by atoms with Crippen molar-refractivity contribution in [2.75, 3.05) is 5.75 Å². The SMILES string of the molecule is C=C1CS[C@@H]2C(NC(=O)C3CCCC3)C(=O)N2C1C(=O)O. The summed E-state index contributed by atoms with van der Waals surface area (Å²) in [7, 11) is 0. The lowest BCUT2D eigenvalue weighted by molar-refractivity contribution is -0.160. The number of fused-ring (bicyclic) bond motifs is 1. The molecule has 1 saturated carbocycles. The molecule has 0 aromatic rings. The zero-order chi connectivity index (χ0) is 15.1. The molecule has 1 aliphatic carbocycles. The molecule has 2 saturated heterocycles. The Hall–Kier alpha value is -1.50. The third-order valence-corrected chi connectivity index (χ3v) is 5.82. The van der Waals surface area contributed by atoms with E-state index in [0.29, 0.717) is 11.3 Å². The number of hydrogen-bond donors (Lipinski definition) is 2. The van der Waals surface area contributed by atoms with Gasteiger partial charge in [0.05, 0.1) is 0 Å². The van der Waals surface area contributed by atoms with E-state index in [1.54, 1.807) is 0 Å². The lowest BCUT2D eigenvalue weighted by atomic mass is 9.97. The quantitative estimate of drug-likeness (QED) is 0.588. The van der Waals surface area contributed by atoms with Gasteiger partial charge in [-0.15, -0.1) is 11.8 Å². The number of aliphatic carboxylic acids is 1. The largest absolute Gasteiger partial charge is 0.479 e. The van der Waals surface area contributed by atoms with Gasteiger partial charge in [-0.1, -0.05) is 19.4 Å². The molecule has 2 heterocycles. The fourth-order valence-corrected chi connectivity index (χ4v) is 4.60. The fraction of sp³-hybridized carbons (Fsp3) is 0.643. The van der Waals surface area contributed by atoms with Crippen molar-refractivity contribution in [1.29, 1.82) is 0 Å². The summed E-state index contributed by atoms with van der Waals surface area (Å²) in [6, 6.07) is -1.54. The minimum atomic E-state index is -1.06. The number of carbonyl (C=O) groups is 3. The van der Waals surface area contributed by atoms with Gasteiger partial charge in [-0.05, 0) is 18.4 Å². The van der Waals surface area contributed by atoms with Crippen molar-refractivity contribution in [3.05, 3.63) is 12.2 Å². The van der Waals surface area contributed by atoms with Crippen molar-refractivity contribution in [1.82, 2.24) is 10.2 Å². The van der Waals surface area contributed by atoms with E-state index in [2.05, 4.69) is 11.9 Å². The summed E-state index contributed by atoms with van der Waals surface area (Å²) in [5.74, 6) is -0.930. The van der Waals surface area contributed by atoms with Crippen molar-refractivity contribution in [2.24, 2.45) is 5.92 Å². The first-order chi connectivity index (χ1) is 10.0. The average molecular weight is 310 g/mol. The second-order valence-electron chi connectivity index (χ2n) is 5.81. The highest BCUT2D eigenvalue weighted by molar-refractivity contribution is 8.00. The first kappa shape index (κ1) is 14.4. The van der Waals surface area contributed by atoms with Gasteiger partial charge in [-0.25, -0.2) is 4.79 Å². The zero-order valence-electron chi connectivity index (χ0n) is 11.6. The van der Waals surface area contributed by atoms with E-state index in [-0.39, 0.29) is 23.1 Å². The number of β-lactam (4-membered cyclic amide) rings is 1. The van der Waals surface area contributed by atoms with Crippen LogP contribution in [0, 0.1) is 5.92 Å². The van der Waals surface area contributed by atoms with E-state index in [4.69, 9.17) is 0 Å². The standard InChI is InChI=1S/C14H18N2O4S/c1-7-6-21-13-9(12(18)16(13)10(7)14(19)20)15-11(17)8-4-2-3-5-8/h8-10,13H,1-6H2,(H,15,17)(H,19,20)/t9?,10?,13-/m1/s1. The monoisotopic (exact) mass is 310 g/mol. The number of thioether (sulfide) groups is 1. The van der Waals surface area contributed by atoms with Crippen LogP contribution in [0.25, 0.3) is 0 Å². The van der Waals surface area contributed by atoms with Crippen LogP contribution in [0.4, 0.5) is 0 Å². The predicted molar refractivity (Wildman–Crippen MR) is 77.5 cm³/mol. The first-order valence-electron chi connectivity index (χ1n) is 7.15. The Kier molecular flexibility index (Phi) is 3.69. The Morgan fingerprint density at radius 1 is 1.33 bits per heavy atom. The van der Waals surface area contributed by atoms with Gasteiger partial charge in [0.2, 0.25) is 11.8 Å². The summed E-state index contributed by atoms with van der Waals surface area (Å²) >= 11 is 1.47. The van der Waals surface area contributed by atoms with Crippen molar-refractivity contribution in [3.8, 4) is 0 Å². The molecule has 2 amide bonds. The molecular weight excluding hydrogens is 292 g/mol. The molecule has 0 aromatic heterocycles. The smallest absolute Gasteiger partial charge is 0.330 e. The van der Waals surface area contributed by atoms with Crippen LogP contribution < -0.4 is 5.32 Å². The average Bonchev–Trinajstić information content (AvgIpc) is 2.98. The van der Waals surface area contributed by atoms with Crippen molar-refractivity contribution in [2.45, 2.75) is 43.1 Å². The van der Waals surface area contributed by atoms with Crippen LogP contribution in [0.5, 0.6) is 0 Å². The number of rotatable bonds is 3. The molecule has 3 fully saturated rings. The van der Waals surface area contributed by atoms with E-state index in [1.807, 2.05) is 0 Å². The molecule has 6 nitrogen and oxygen atoms in total. The predicted octanol–water partition coefficient (Wildman–Crippen LogP) is 0.586. The second-order valence-corrected chi connectivity index (χ2v) is 6.92. The van der Waals surface area contributed by atoms with Crippen LogP contribution in [0.15, 0.2) is 12.2 Å². The molecule has 0 radical (unpaired) electrons. The van der Waals surface area contributed by atoms with Crippen molar-refractivity contribution in [3.63, 3.8) is 0 Å². The number of carbonyl (C=O) groups excluding carboxylic acids is 2. The summed E-state index contributed by atoms with van der Waals surface area (Å²) in [6.07, 6.45) is 3.87. The second kappa shape index (κ2) is 5.36. The van der Waals surface area contributed by atoms with Gasteiger partial charge in [0.15, 0.2) is 6.04 Å². The van der Waals surface area contributed by atoms with Crippen LogP contribution in [-0.2, 0) is 14.4 Å². The Morgan fingerprint density at radius 3 is 2.62 bits per heavy atom. The number of carboxylic acid groups (broad SMARTS) is 1. The summed E-state index contributed by atoms with van der Waals surface area (Å²) in [5.41, 5.74) is 0.526. The maximum Gasteiger partial charge on any atom is 0.330 e. The lowest BCUT2D eigenvalue weighted by Gasteiger charge is -2.52. The number of carboxylic acids is 1. The first-order valence-corrected chi connectivity index (χ1v) is 8.20. The molecule has 0 spiro atoms. The van der Waals surface area contributed by atoms with E-state index in [9.17, 15) is 19.5 Å². The summed E-state index contributed by atoms with van der Waals surface area (Å²) in [5, 5.41) is 11.8. The van der Waals surface area contributed by atoms with Gasteiger partial charge in [0.1, 0.15) is 11.4 Å². The normalized spacial score (nSPS) is 32.6. The molecule has 7 heteroatoms. The number of nitrogens with one attached hydrogen (secondary N) is 1. The van der Waals surface area contributed by atoms with Crippen molar-refractivity contribution >= 4 is 29.5 Å². The van der Waals surface area contributed by atoms with Gasteiger partial charge in [-0.3, -0.25) is 9.59 Å². The van der Waals surface area contributed by atoms with Gasteiger partial charge in [0, 0.05) is 11.7 Å². The number of nitrogens with zero attached hydrogens (tertiary/aromatic N) is 1. The zero-order valence-corrected chi connectivity index (χ0v) is 12.4. The minimum Gasteiger partial charge on any atom is -0.479 e. The molecule has 3 atom stereocenters. The third-order valence-electron chi connectivity index (χ3n) is 4.44. The van der Waals surface area contributed by atoms with Crippen LogP contribution in [-0.4, -0.2) is 51.0 Å². The number of hydrogen-bond acceptors (Lipinski definition) is 4. The van der Waals surface area contributed by atoms with E-state index < -0.39 is 18.1 Å². The van der Waals surface area contributed by atoms with Crippen molar-refractivity contribution < 1.29 is 19.5 Å². The highest BCUT2D eigenvalue weighted by atomic mass is 32.2. The van der Waals surface area contributed by atoms with Crippen LogP contribution >= 0.6 is 11.8 Å². The van der Waals surface area contributed by atoms with Crippen LogP contribution in [0.2, 0.25) is 0 Å². The van der Waals surface area contributed by atoms with E-state index in [0.717, 1.165) is 25.7 Å². The van der Waals surface area contributed by atoms with Gasteiger partial charge in [0.25, 0.3) is 0 Å². The Morgan fingerprint density at radius 2 is 2.00 bits per heavy atom. The lowest BCUT2D eigenvalue weighted by Crippen LogP contribution is -2.74. The topological polar surface area (TPSA) is 86.7 Å². The molecule has 3 aliphatic rings. The Balaban J connectivity index is 1.67. The van der Waals surface area contributed by atoms with Crippen LogP contribution in [0.1, 0.15) is 25.7 Å². The number of amides is 2. The fourth-order valence-electron chi connectivity index (χ4n) is 3.29. The van der Waals surface area contributed by atoms with E-state index in [1.165, 1.54) is 16.7 Å². The molecule has 2 aliphatic heterocycles. The minimum absolute atomic E-state index is 0.00526. The molecule has 3 rings (SSSR count). The van der Waals surface area contributed by atoms with E-state index >= 15 is 0 Å². The maximum atomic E-state index is 12.2. The Bertz CT molecular complexity index is 515. The summed E-state index contributed by atoms with van der Waals surface area (Å²) in [6.45, 7) is 3.74. The molecular formula is C14H18N2O4S. The van der Waals surface area contributed by atoms with Gasteiger partial charge in [-0.2, -0.15) is 0 Å². The Labute approximate surface area is 126 Å². The molecule has 0 bridgehead atoms. The van der Waals surface area contributed by atoms with Gasteiger partial charge < -0.3 is 15.3 Å². The molecule has 2 N–H and O–H groups in total. The molecule has 21 heavy (non-hydrogen) atoms. The van der Waals surface area contributed by atoms with Crippen LogP contribution in [0.3, 0.4) is 0 Å². The molecule has 2 unspecified atom stereocenters. The maximum absolute atomic E-state index is 12.2. The molecule has 114 valence electrons. The van der Waals surface area contributed by atoms with Gasteiger partial charge >= 0.3 is 5.97 Å². The molecule has 0 aromatic carbocycles. The highest BCUT2D eigenvalue weighted by Crippen LogP contribution is 2.40. The third kappa shape index (κ3) is 2.33. The highest BCUT2D eigenvalue weighted by Gasteiger charge is 2.56.